The molecule has 0 aliphatic heterocycles. The first-order chi connectivity index (χ1) is 7.54. The van der Waals surface area contributed by atoms with Gasteiger partial charge < -0.3 is 15.3 Å². The zero-order valence-corrected chi connectivity index (χ0v) is 10.6. The molecular weight excluding hydrogens is 204 g/mol. The van der Waals surface area contributed by atoms with Crippen LogP contribution < -0.4 is 5.32 Å². The summed E-state index contributed by atoms with van der Waals surface area (Å²) in [7, 11) is 1.71. The second kappa shape index (κ2) is 6.21. The maximum absolute atomic E-state index is 10.9. The monoisotopic (exact) mass is 228 g/mol. The lowest BCUT2D eigenvalue weighted by molar-refractivity contribution is -0.139. The molecular formula is C12H24N2O2. The number of hydrogen-bond donors (Lipinski definition) is 2. The molecule has 1 unspecified atom stereocenters. The highest BCUT2D eigenvalue weighted by Crippen LogP contribution is 2.27. The molecule has 0 aromatic carbocycles. The van der Waals surface area contributed by atoms with Gasteiger partial charge in [0.1, 0.15) is 6.04 Å². The van der Waals surface area contributed by atoms with Crippen molar-refractivity contribution in [3.8, 4) is 0 Å². The predicted octanol–water partition coefficient (Wildman–Crippen LogP) is 1.17. The fourth-order valence-electron chi connectivity index (χ4n) is 2.02. The van der Waals surface area contributed by atoms with Crippen molar-refractivity contribution in [2.24, 2.45) is 5.92 Å². The fraction of sp³-hybridized carbons (Fsp3) is 0.917. The molecule has 1 atom stereocenters. The van der Waals surface area contributed by atoms with Crippen molar-refractivity contribution in [1.29, 1.82) is 0 Å². The molecule has 0 saturated heterocycles. The van der Waals surface area contributed by atoms with E-state index in [0.717, 1.165) is 13.1 Å². The fourth-order valence-corrected chi connectivity index (χ4v) is 2.02. The van der Waals surface area contributed by atoms with Gasteiger partial charge in [0.05, 0.1) is 0 Å². The van der Waals surface area contributed by atoms with Crippen LogP contribution >= 0.6 is 0 Å². The van der Waals surface area contributed by atoms with Crippen molar-refractivity contribution in [2.75, 3.05) is 20.1 Å². The van der Waals surface area contributed by atoms with Crippen LogP contribution in [-0.4, -0.2) is 48.2 Å². The van der Waals surface area contributed by atoms with E-state index in [2.05, 4.69) is 24.1 Å². The first-order valence-corrected chi connectivity index (χ1v) is 6.18. The molecule has 2 N–H and O–H groups in total. The summed E-state index contributed by atoms with van der Waals surface area (Å²) in [6.45, 7) is 6.39. The van der Waals surface area contributed by atoms with E-state index in [-0.39, 0.29) is 0 Å². The van der Waals surface area contributed by atoms with E-state index >= 15 is 0 Å². The molecule has 0 amide bonds. The molecule has 0 spiro atoms. The smallest absolute Gasteiger partial charge is 0.320 e. The van der Waals surface area contributed by atoms with E-state index in [1.807, 2.05) is 0 Å². The Morgan fingerprint density at radius 1 is 1.50 bits per heavy atom. The maximum Gasteiger partial charge on any atom is 0.320 e. The molecule has 94 valence electrons. The lowest BCUT2D eigenvalue weighted by atomic mass is 10.1. The molecule has 0 aromatic rings. The summed E-state index contributed by atoms with van der Waals surface area (Å²) >= 11 is 0. The molecule has 1 fully saturated rings. The van der Waals surface area contributed by atoms with Crippen LogP contribution in [-0.2, 0) is 4.79 Å². The average Bonchev–Trinajstić information content (AvgIpc) is 2.98. The van der Waals surface area contributed by atoms with Crippen molar-refractivity contribution in [3.63, 3.8) is 0 Å². The Kier molecular flexibility index (Phi) is 5.22. The molecule has 1 saturated carbocycles. The van der Waals surface area contributed by atoms with Crippen LogP contribution in [0.3, 0.4) is 0 Å². The third-order valence-electron chi connectivity index (χ3n) is 3.01. The molecule has 1 aliphatic carbocycles. The second-order valence-electron chi connectivity index (χ2n) is 5.09. The Labute approximate surface area is 98.0 Å². The number of rotatable bonds is 8. The molecule has 0 heterocycles. The normalized spacial score (nSPS) is 18.1. The zero-order valence-electron chi connectivity index (χ0n) is 10.6. The van der Waals surface area contributed by atoms with Crippen LogP contribution in [0, 0.1) is 5.92 Å². The number of hydrogen-bond acceptors (Lipinski definition) is 3. The van der Waals surface area contributed by atoms with Crippen LogP contribution in [0.15, 0.2) is 0 Å². The van der Waals surface area contributed by atoms with E-state index in [4.69, 9.17) is 5.11 Å². The van der Waals surface area contributed by atoms with Gasteiger partial charge in [-0.25, -0.2) is 0 Å². The summed E-state index contributed by atoms with van der Waals surface area (Å²) in [5.74, 6) is -0.0961. The average molecular weight is 228 g/mol. The van der Waals surface area contributed by atoms with Gasteiger partial charge in [-0.2, -0.15) is 0 Å². The van der Waals surface area contributed by atoms with Gasteiger partial charge in [0, 0.05) is 19.1 Å². The van der Waals surface area contributed by atoms with E-state index in [1.165, 1.54) is 12.8 Å². The van der Waals surface area contributed by atoms with Crippen LogP contribution in [0.25, 0.3) is 0 Å². The number of carboxylic acids is 1. The molecule has 0 bridgehead atoms. The highest BCUT2D eigenvalue weighted by molar-refractivity contribution is 5.73. The highest BCUT2D eigenvalue weighted by atomic mass is 16.4. The lowest BCUT2D eigenvalue weighted by Crippen LogP contribution is -2.39. The van der Waals surface area contributed by atoms with E-state index < -0.39 is 12.0 Å². The molecule has 1 rings (SSSR count). The molecule has 1 aliphatic rings. The van der Waals surface area contributed by atoms with Gasteiger partial charge in [0.25, 0.3) is 0 Å². The first-order valence-electron chi connectivity index (χ1n) is 6.18. The summed E-state index contributed by atoms with van der Waals surface area (Å²) in [5.41, 5.74) is 0. The highest BCUT2D eigenvalue weighted by Gasteiger charge is 2.29. The van der Waals surface area contributed by atoms with Crippen molar-refractivity contribution in [1.82, 2.24) is 10.2 Å². The summed E-state index contributed by atoms with van der Waals surface area (Å²) < 4.78 is 0. The van der Waals surface area contributed by atoms with Gasteiger partial charge in [0.2, 0.25) is 0 Å². The minimum absolute atomic E-state index is 0.409. The molecule has 4 nitrogen and oxygen atoms in total. The summed E-state index contributed by atoms with van der Waals surface area (Å²) in [6.07, 6.45) is 3.25. The number of aliphatic carboxylic acids is 1. The number of carboxylic acid groups (broad SMARTS) is 1. The molecule has 0 radical (unpaired) electrons. The Hall–Kier alpha value is -0.610. The number of nitrogens with zero attached hydrogens (tertiary/aromatic N) is 1. The molecule has 4 heteroatoms. The number of likely N-dealkylation sites (N-methyl/N-ethyl adjacent to an activating group) is 1. The van der Waals surface area contributed by atoms with Gasteiger partial charge >= 0.3 is 5.97 Å². The van der Waals surface area contributed by atoms with Crippen molar-refractivity contribution < 1.29 is 9.90 Å². The lowest BCUT2D eigenvalue weighted by Gasteiger charge is -2.25. The number of carbonyl (C=O) groups is 1. The Bertz CT molecular complexity index is 227. The third-order valence-corrected chi connectivity index (χ3v) is 3.01. The Morgan fingerprint density at radius 3 is 2.50 bits per heavy atom. The first kappa shape index (κ1) is 13.5. The van der Waals surface area contributed by atoms with Gasteiger partial charge in [-0.05, 0) is 32.2 Å². The van der Waals surface area contributed by atoms with E-state index in [1.54, 1.807) is 7.05 Å². The second-order valence-corrected chi connectivity index (χ2v) is 5.09. The molecule has 0 aromatic heterocycles. The zero-order chi connectivity index (χ0) is 12.1. The minimum atomic E-state index is -0.747. The number of nitrogens with one attached hydrogen (secondary N) is 1. The van der Waals surface area contributed by atoms with Crippen LogP contribution in [0.2, 0.25) is 0 Å². The van der Waals surface area contributed by atoms with E-state index in [9.17, 15) is 4.79 Å². The SMILES string of the molecule is CNC(CCN(CC(C)C)C1CC1)C(=O)O. The topological polar surface area (TPSA) is 52.6 Å². The Balaban J connectivity index is 2.33. The van der Waals surface area contributed by atoms with Crippen LogP contribution in [0.1, 0.15) is 33.1 Å². The van der Waals surface area contributed by atoms with Gasteiger partial charge in [-0.15, -0.1) is 0 Å². The predicted molar refractivity (Wildman–Crippen MR) is 64.5 cm³/mol. The largest absolute Gasteiger partial charge is 0.480 e. The summed E-state index contributed by atoms with van der Waals surface area (Å²) in [5, 5.41) is 11.8. The van der Waals surface area contributed by atoms with Gasteiger partial charge in [0.15, 0.2) is 0 Å². The van der Waals surface area contributed by atoms with Crippen molar-refractivity contribution >= 4 is 5.97 Å². The Morgan fingerprint density at radius 2 is 2.12 bits per heavy atom. The van der Waals surface area contributed by atoms with E-state index in [0.29, 0.717) is 18.4 Å². The summed E-state index contributed by atoms with van der Waals surface area (Å²) in [4.78, 5) is 13.3. The quantitative estimate of drug-likeness (QED) is 0.655. The molecule has 16 heavy (non-hydrogen) atoms. The third kappa shape index (κ3) is 4.49. The van der Waals surface area contributed by atoms with Crippen LogP contribution in [0.5, 0.6) is 0 Å². The van der Waals surface area contributed by atoms with Gasteiger partial charge in [-0.3, -0.25) is 4.79 Å². The van der Waals surface area contributed by atoms with Crippen molar-refractivity contribution in [2.45, 2.75) is 45.2 Å². The van der Waals surface area contributed by atoms with Crippen LogP contribution in [0.4, 0.5) is 0 Å². The maximum atomic E-state index is 10.9. The van der Waals surface area contributed by atoms with Gasteiger partial charge in [-0.1, -0.05) is 13.8 Å². The minimum Gasteiger partial charge on any atom is -0.480 e. The summed E-state index contributed by atoms with van der Waals surface area (Å²) in [6, 6.07) is 0.308. The standard InChI is InChI=1S/C12H24N2O2/c1-9(2)8-14(10-4-5-10)7-6-11(13-3)12(15)16/h9-11,13H,4-8H2,1-3H3,(H,15,16). The van der Waals surface area contributed by atoms with Crippen molar-refractivity contribution in [3.05, 3.63) is 0 Å².